The molecular weight excluding hydrogens is 645 g/mol. The molecule has 4 aliphatic rings. The Balaban J connectivity index is 1.34. The third kappa shape index (κ3) is 4.85. The van der Waals surface area contributed by atoms with Crippen molar-refractivity contribution >= 4 is 47.2 Å². The molecule has 254 valence electrons. The first-order valence-electron chi connectivity index (χ1n) is 17.0. The molecular formula is C41H34BNO8. The summed E-state index contributed by atoms with van der Waals surface area (Å²) < 4.78 is 5.36. The SMILES string of the molecule is COc1ccc(C2C3=CCC4C(=O)N(c5cccc(B(O)O)c5)C(=O)C4C3CC3C(=O)C(c4ccccc4)=CC(=O)C32c2ccccc2)cc1O. The van der Waals surface area contributed by atoms with Gasteiger partial charge in [-0.3, -0.25) is 24.1 Å². The van der Waals surface area contributed by atoms with E-state index in [-0.39, 0.29) is 47.1 Å². The fourth-order valence-electron chi connectivity index (χ4n) is 9.21. The van der Waals surface area contributed by atoms with E-state index in [1.807, 2.05) is 54.6 Å². The number of allylic oxidation sites excluding steroid dienone is 4. The van der Waals surface area contributed by atoms with Gasteiger partial charge in [0.25, 0.3) is 0 Å². The van der Waals surface area contributed by atoms with Crippen LogP contribution in [0.1, 0.15) is 35.4 Å². The molecule has 1 aliphatic heterocycles. The van der Waals surface area contributed by atoms with Crippen molar-refractivity contribution < 1.29 is 39.1 Å². The third-order valence-electron chi connectivity index (χ3n) is 11.3. The van der Waals surface area contributed by atoms with Crippen molar-refractivity contribution in [3.05, 3.63) is 138 Å². The molecule has 2 fully saturated rings. The van der Waals surface area contributed by atoms with Gasteiger partial charge in [0, 0.05) is 17.4 Å². The molecule has 1 heterocycles. The Kier molecular flexibility index (Phi) is 7.89. The van der Waals surface area contributed by atoms with E-state index >= 15 is 9.59 Å². The standard InChI is InChI=1S/C41H34BNO8/c1-51-34-18-15-24(19-33(34)44)37-28-16-17-29-36(40(48)43(39(29)47)27-14-8-13-26(20-27)42(49)50)31(28)21-32-38(46)30(23-9-4-2-5-10-23)22-35(45)41(32,37)25-11-6-3-7-12-25/h2-16,18-20,22,29,31-32,36-37,44,49-50H,17,21H2,1H3. The summed E-state index contributed by atoms with van der Waals surface area (Å²) >= 11 is 0. The van der Waals surface area contributed by atoms with Crippen LogP contribution in [0.5, 0.6) is 11.5 Å². The topological polar surface area (TPSA) is 141 Å². The maximum atomic E-state index is 15.1. The molecule has 4 aromatic rings. The van der Waals surface area contributed by atoms with Gasteiger partial charge in [0.1, 0.15) is 0 Å². The van der Waals surface area contributed by atoms with Gasteiger partial charge in [0.15, 0.2) is 23.1 Å². The van der Waals surface area contributed by atoms with Crippen molar-refractivity contribution in [2.45, 2.75) is 24.2 Å². The maximum Gasteiger partial charge on any atom is 0.488 e. The van der Waals surface area contributed by atoms with E-state index in [0.29, 0.717) is 22.3 Å². The molecule has 2 amide bonds. The average molecular weight is 680 g/mol. The molecule has 10 heteroatoms. The van der Waals surface area contributed by atoms with E-state index in [0.717, 1.165) is 10.5 Å². The van der Waals surface area contributed by atoms with E-state index in [4.69, 9.17) is 4.74 Å². The second-order valence-corrected chi connectivity index (χ2v) is 13.7. The summed E-state index contributed by atoms with van der Waals surface area (Å²) in [6.45, 7) is 0. The van der Waals surface area contributed by atoms with Gasteiger partial charge < -0.3 is 19.9 Å². The zero-order chi connectivity index (χ0) is 35.6. The molecule has 3 N–H and O–H groups in total. The third-order valence-corrected chi connectivity index (χ3v) is 11.3. The van der Waals surface area contributed by atoms with Crippen LogP contribution in [0.3, 0.4) is 0 Å². The molecule has 0 aromatic heterocycles. The number of ketones is 2. The van der Waals surface area contributed by atoms with Crippen LogP contribution in [0, 0.1) is 23.7 Å². The van der Waals surface area contributed by atoms with Crippen LogP contribution in [0.2, 0.25) is 0 Å². The summed E-state index contributed by atoms with van der Waals surface area (Å²) in [5.74, 6) is -5.08. The van der Waals surface area contributed by atoms with Crippen molar-refractivity contribution in [1.29, 1.82) is 0 Å². The Labute approximate surface area is 294 Å². The smallest absolute Gasteiger partial charge is 0.488 e. The minimum Gasteiger partial charge on any atom is -0.504 e. The molecule has 0 radical (unpaired) electrons. The lowest BCUT2D eigenvalue weighted by Gasteiger charge is -2.55. The number of phenolic OH excluding ortho intramolecular Hbond substituents is 1. The number of aromatic hydroxyl groups is 1. The van der Waals surface area contributed by atoms with E-state index in [1.54, 1.807) is 42.5 Å². The number of anilines is 1. The van der Waals surface area contributed by atoms with Gasteiger partial charge in [-0.1, -0.05) is 90.5 Å². The summed E-state index contributed by atoms with van der Waals surface area (Å²) in [5.41, 5.74) is 1.84. The monoisotopic (exact) mass is 679 g/mol. The fraction of sp³-hybridized carbons (Fsp3) is 0.220. The van der Waals surface area contributed by atoms with Gasteiger partial charge in [-0.05, 0) is 71.3 Å². The summed E-state index contributed by atoms with van der Waals surface area (Å²) in [5, 5.41) is 30.7. The second-order valence-electron chi connectivity index (χ2n) is 13.7. The number of carbonyl (C=O) groups excluding carboxylic acids is 4. The van der Waals surface area contributed by atoms with Gasteiger partial charge >= 0.3 is 7.12 Å². The number of Topliss-reactive ketones (excluding diaryl/α,β-unsaturated/α-hetero) is 1. The number of imide groups is 1. The molecule has 6 atom stereocenters. The molecule has 1 saturated heterocycles. The number of nitrogens with zero attached hydrogens (tertiary/aromatic N) is 1. The summed E-state index contributed by atoms with van der Waals surface area (Å²) in [4.78, 5) is 59.8. The van der Waals surface area contributed by atoms with Crippen LogP contribution in [-0.4, -0.2) is 52.8 Å². The highest BCUT2D eigenvalue weighted by molar-refractivity contribution is 6.58. The van der Waals surface area contributed by atoms with Crippen LogP contribution >= 0.6 is 0 Å². The molecule has 4 aromatic carbocycles. The number of benzene rings is 4. The quantitative estimate of drug-likeness (QED) is 0.157. The highest BCUT2D eigenvalue weighted by Crippen LogP contribution is 2.64. The molecule has 6 unspecified atom stereocenters. The minimum atomic E-state index is -1.79. The lowest BCUT2D eigenvalue weighted by atomic mass is 9.44. The lowest BCUT2D eigenvalue weighted by Crippen LogP contribution is -2.58. The summed E-state index contributed by atoms with van der Waals surface area (Å²) in [6.07, 6.45) is 3.77. The van der Waals surface area contributed by atoms with Crippen molar-refractivity contribution in [3.8, 4) is 11.5 Å². The van der Waals surface area contributed by atoms with Crippen molar-refractivity contribution in [1.82, 2.24) is 0 Å². The van der Waals surface area contributed by atoms with Crippen molar-refractivity contribution in [2.24, 2.45) is 23.7 Å². The minimum absolute atomic E-state index is 0.134. The average Bonchev–Trinajstić information content (AvgIpc) is 3.41. The van der Waals surface area contributed by atoms with Gasteiger partial charge in [-0.25, -0.2) is 0 Å². The molecule has 8 rings (SSSR count). The molecule has 0 spiro atoms. The lowest BCUT2D eigenvalue weighted by molar-refractivity contribution is -0.135. The summed E-state index contributed by atoms with van der Waals surface area (Å²) in [7, 11) is -0.345. The number of phenols is 1. The van der Waals surface area contributed by atoms with E-state index in [2.05, 4.69) is 0 Å². The number of hydrogen-bond acceptors (Lipinski definition) is 8. The highest BCUT2D eigenvalue weighted by Gasteiger charge is 2.66. The number of amides is 2. The molecule has 9 nitrogen and oxygen atoms in total. The zero-order valence-corrected chi connectivity index (χ0v) is 27.7. The number of methoxy groups -OCH3 is 1. The zero-order valence-electron chi connectivity index (χ0n) is 27.7. The van der Waals surface area contributed by atoms with Gasteiger partial charge in [-0.2, -0.15) is 0 Å². The van der Waals surface area contributed by atoms with Gasteiger partial charge in [-0.15, -0.1) is 0 Å². The van der Waals surface area contributed by atoms with Gasteiger partial charge in [0.05, 0.1) is 30.0 Å². The van der Waals surface area contributed by atoms with E-state index in [9.17, 15) is 24.7 Å². The first kappa shape index (κ1) is 32.6. The molecule has 1 saturated carbocycles. The number of rotatable bonds is 6. The first-order chi connectivity index (χ1) is 24.7. The first-order valence-corrected chi connectivity index (χ1v) is 17.0. The van der Waals surface area contributed by atoms with Crippen LogP contribution < -0.4 is 15.1 Å². The van der Waals surface area contributed by atoms with E-state index < -0.39 is 53.9 Å². The molecule has 0 bridgehead atoms. The predicted octanol–water partition coefficient (Wildman–Crippen LogP) is 4.11. The Hall–Kier alpha value is -5.58. The van der Waals surface area contributed by atoms with Crippen LogP contribution in [0.25, 0.3) is 5.57 Å². The number of hydrogen-bond donors (Lipinski definition) is 3. The Morgan fingerprint density at radius 2 is 1.55 bits per heavy atom. The van der Waals surface area contributed by atoms with E-state index in [1.165, 1.54) is 25.3 Å². The van der Waals surface area contributed by atoms with Crippen molar-refractivity contribution in [2.75, 3.05) is 12.0 Å². The maximum absolute atomic E-state index is 15.1. The number of ether oxygens (including phenoxy) is 1. The normalized spacial score (nSPS) is 26.9. The predicted molar refractivity (Wildman–Crippen MR) is 190 cm³/mol. The highest BCUT2D eigenvalue weighted by atomic mass is 16.5. The number of carbonyl (C=O) groups is 4. The van der Waals surface area contributed by atoms with Crippen LogP contribution in [0.4, 0.5) is 5.69 Å². The summed E-state index contributed by atoms with van der Waals surface area (Å²) in [6, 6.07) is 29.3. The van der Waals surface area contributed by atoms with Gasteiger partial charge in [0.2, 0.25) is 11.8 Å². The number of fused-ring (bicyclic) bond motifs is 4. The Bertz CT molecular complexity index is 2160. The molecule has 51 heavy (non-hydrogen) atoms. The Morgan fingerprint density at radius 1 is 0.824 bits per heavy atom. The fourth-order valence-corrected chi connectivity index (χ4v) is 9.21. The second kappa shape index (κ2) is 12.3. The van der Waals surface area contributed by atoms with Crippen LogP contribution in [-0.2, 0) is 24.6 Å². The van der Waals surface area contributed by atoms with Crippen LogP contribution in [0.15, 0.2) is 121 Å². The largest absolute Gasteiger partial charge is 0.504 e. The van der Waals surface area contributed by atoms with Crippen molar-refractivity contribution in [3.63, 3.8) is 0 Å². The molecule has 3 aliphatic carbocycles. The Morgan fingerprint density at radius 3 is 2.24 bits per heavy atom.